The lowest BCUT2D eigenvalue weighted by molar-refractivity contribution is 0.266. The summed E-state index contributed by atoms with van der Waals surface area (Å²) >= 11 is 0. The molecule has 0 saturated carbocycles. The topological polar surface area (TPSA) is 101 Å². The molecule has 0 bridgehead atoms. The molecule has 1 aromatic rings. The monoisotopic (exact) mass is 337 g/mol. The fourth-order valence-corrected chi connectivity index (χ4v) is 4.63. The minimum atomic E-state index is -3.75. The van der Waals surface area contributed by atoms with E-state index in [9.17, 15) is 16.8 Å². The summed E-state index contributed by atoms with van der Waals surface area (Å²) in [5.41, 5.74) is 0. The van der Waals surface area contributed by atoms with Crippen molar-refractivity contribution in [2.45, 2.75) is 31.1 Å². The third kappa shape index (κ3) is 3.12. The fraction of sp³-hybridized carbons (Fsp3) is 0.727. The molecule has 0 amide bonds. The van der Waals surface area contributed by atoms with Gasteiger partial charge in [-0.2, -0.15) is 8.61 Å². The van der Waals surface area contributed by atoms with Gasteiger partial charge in [0.2, 0.25) is 10.0 Å². The zero-order chi connectivity index (χ0) is 15.8. The highest BCUT2D eigenvalue weighted by molar-refractivity contribution is 7.89. The summed E-state index contributed by atoms with van der Waals surface area (Å²) in [4.78, 5) is 3.78. The van der Waals surface area contributed by atoms with Crippen LogP contribution < -0.4 is 0 Å². The van der Waals surface area contributed by atoms with Gasteiger partial charge in [-0.25, -0.2) is 21.8 Å². The maximum Gasteiger partial charge on any atom is 0.278 e. The average Bonchev–Trinajstić information content (AvgIpc) is 2.86. The lowest BCUT2D eigenvalue weighted by Gasteiger charge is -2.33. The van der Waals surface area contributed by atoms with Gasteiger partial charge in [0, 0.05) is 33.1 Å². The number of rotatable bonds is 4. The van der Waals surface area contributed by atoms with Crippen LogP contribution in [0, 0.1) is 6.92 Å². The number of hydrogen-bond donors (Lipinski definition) is 0. The molecule has 0 atom stereocenters. The third-order valence-corrected chi connectivity index (χ3v) is 7.37. The Morgan fingerprint density at radius 2 is 1.62 bits per heavy atom. The first-order chi connectivity index (χ1) is 9.65. The number of aryl methyl sites for hydroxylation is 1. The van der Waals surface area contributed by atoms with Gasteiger partial charge in [-0.1, -0.05) is 0 Å². The van der Waals surface area contributed by atoms with Gasteiger partial charge in [-0.15, -0.1) is 0 Å². The van der Waals surface area contributed by atoms with E-state index < -0.39 is 25.3 Å². The smallest absolute Gasteiger partial charge is 0.278 e. The minimum Gasteiger partial charge on any atom is -0.428 e. The first-order valence-corrected chi connectivity index (χ1v) is 9.51. The number of piperazine rings is 1. The van der Waals surface area contributed by atoms with E-state index in [1.165, 1.54) is 14.8 Å². The van der Waals surface area contributed by atoms with E-state index in [-0.39, 0.29) is 37.2 Å². The second-order valence-corrected chi connectivity index (χ2v) is 9.45. The van der Waals surface area contributed by atoms with Crippen LogP contribution in [0.1, 0.15) is 19.7 Å². The van der Waals surface area contributed by atoms with Crippen LogP contribution in [0.4, 0.5) is 0 Å². The van der Waals surface area contributed by atoms with Gasteiger partial charge < -0.3 is 4.42 Å². The Morgan fingerprint density at radius 1 is 1.10 bits per heavy atom. The number of aromatic nitrogens is 1. The lowest BCUT2D eigenvalue weighted by Crippen LogP contribution is -2.51. The number of sulfonamides is 2. The molecule has 2 heterocycles. The van der Waals surface area contributed by atoms with Gasteiger partial charge in [0.1, 0.15) is 0 Å². The largest absolute Gasteiger partial charge is 0.428 e. The van der Waals surface area contributed by atoms with E-state index in [4.69, 9.17) is 4.42 Å². The molecular formula is C11H19N3O5S2. The average molecular weight is 337 g/mol. The van der Waals surface area contributed by atoms with E-state index in [1.807, 2.05) is 0 Å². The summed E-state index contributed by atoms with van der Waals surface area (Å²) in [5, 5.41) is -0.724. The summed E-state index contributed by atoms with van der Waals surface area (Å²) in [5.74, 6) is 0.273. The molecule has 2 rings (SSSR count). The van der Waals surface area contributed by atoms with Crippen molar-refractivity contribution in [2.24, 2.45) is 0 Å². The normalized spacial score (nSPS) is 19.2. The molecule has 10 heteroatoms. The van der Waals surface area contributed by atoms with Crippen molar-refractivity contribution in [1.29, 1.82) is 0 Å². The van der Waals surface area contributed by atoms with Crippen molar-refractivity contribution in [1.82, 2.24) is 13.6 Å². The van der Waals surface area contributed by atoms with Crippen molar-refractivity contribution in [3.63, 3.8) is 0 Å². The van der Waals surface area contributed by atoms with Crippen molar-refractivity contribution in [3.8, 4) is 0 Å². The van der Waals surface area contributed by atoms with Crippen molar-refractivity contribution in [2.75, 3.05) is 26.2 Å². The van der Waals surface area contributed by atoms with Crippen LogP contribution in [0.3, 0.4) is 0 Å². The van der Waals surface area contributed by atoms with E-state index in [2.05, 4.69) is 4.98 Å². The van der Waals surface area contributed by atoms with Crippen molar-refractivity contribution < 1.29 is 21.3 Å². The SMILES string of the molecule is Cc1ncc(S(=O)(=O)N2CCN(S(=O)(=O)C(C)C)CC2)o1. The summed E-state index contributed by atoms with van der Waals surface area (Å²) < 4.78 is 56.3. The van der Waals surface area contributed by atoms with Crippen LogP contribution >= 0.6 is 0 Å². The molecule has 1 saturated heterocycles. The Hall–Kier alpha value is -0.970. The van der Waals surface area contributed by atoms with Gasteiger partial charge in [0.05, 0.1) is 11.4 Å². The Bertz CT molecular complexity index is 700. The van der Waals surface area contributed by atoms with Crippen LogP contribution in [-0.2, 0) is 20.0 Å². The van der Waals surface area contributed by atoms with E-state index in [0.717, 1.165) is 0 Å². The highest BCUT2D eigenvalue weighted by Gasteiger charge is 2.35. The van der Waals surface area contributed by atoms with Gasteiger partial charge >= 0.3 is 0 Å². The summed E-state index contributed by atoms with van der Waals surface area (Å²) in [6, 6.07) is 0. The predicted molar refractivity (Wildman–Crippen MR) is 75.6 cm³/mol. The molecule has 0 N–H and O–H groups in total. The minimum absolute atomic E-state index is 0.105. The predicted octanol–water partition coefficient (Wildman–Crippen LogP) is 0.0275. The lowest BCUT2D eigenvalue weighted by atomic mass is 10.4. The Labute approximate surface area is 124 Å². The van der Waals surface area contributed by atoms with Crippen molar-refractivity contribution >= 4 is 20.0 Å². The van der Waals surface area contributed by atoms with Crippen LogP contribution in [0.15, 0.2) is 15.7 Å². The van der Waals surface area contributed by atoms with Gasteiger partial charge in [0.15, 0.2) is 5.89 Å². The van der Waals surface area contributed by atoms with Gasteiger partial charge in [-0.3, -0.25) is 0 Å². The molecule has 0 unspecified atom stereocenters. The molecule has 120 valence electrons. The number of nitrogens with zero attached hydrogens (tertiary/aromatic N) is 3. The van der Waals surface area contributed by atoms with Gasteiger partial charge in [0.25, 0.3) is 15.1 Å². The van der Waals surface area contributed by atoms with E-state index >= 15 is 0 Å². The van der Waals surface area contributed by atoms with E-state index in [0.29, 0.717) is 0 Å². The molecule has 0 aromatic carbocycles. The van der Waals surface area contributed by atoms with Gasteiger partial charge in [-0.05, 0) is 13.8 Å². The van der Waals surface area contributed by atoms with Crippen LogP contribution in [0.2, 0.25) is 0 Å². The first-order valence-electron chi connectivity index (χ1n) is 6.57. The molecule has 1 aromatic heterocycles. The summed E-state index contributed by atoms with van der Waals surface area (Å²) in [7, 11) is -7.10. The first kappa shape index (κ1) is 16.4. The van der Waals surface area contributed by atoms with Crippen LogP contribution in [0.5, 0.6) is 0 Å². The number of oxazole rings is 1. The highest BCUT2D eigenvalue weighted by Crippen LogP contribution is 2.20. The molecule has 0 aliphatic carbocycles. The molecular weight excluding hydrogens is 318 g/mol. The highest BCUT2D eigenvalue weighted by atomic mass is 32.2. The molecule has 1 fully saturated rings. The number of hydrogen-bond acceptors (Lipinski definition) is 6. The molecule has 0 radical (unpaired) electrons. The maximum atomic E-state index is 12.3. The second-order valence-electron chi connectivity index (χ2n) is 5.10. The molecule has 1 aliphatic rings. The fourth-order valence-electron chi connectivity index (χ4n) is 2.05. The third-order valence-electron chi connectivity index (χ3n) is 3.35. The van der Waals surface area contributed by atoms with Crippen molar-refractivity contribution in [3.05, 3.63) is 12.1 Å². The van der Waals surface area contributed by atoms with E-state index in [1.54, 1.807) is 20.8 Å². The molecule has 8 nitrogen and oxygen atoms in total. The Balaban J connectivity index is 2.11. The zero-order valence-electron chi connectivity index (χ0n) is 12.2. The van der Waals surface area contributed by atoms with Crippen LogP contribution in [0.25, 0.3) is 0 Å². The standard InChI is InChI=1S/C11H19N3O5S2/c1-9(2)20(15,16)13-4-6-14(7-5-13)21(17,18)11-8-12-10(3)19-11/h8-9H,4-7H2,1-3H3. The molecule has 0 spiro atoms. The molecule has 21 heavy (non-hydrogen) atoms. The zero-order valence-corrected chi connectivity index (χ0v) is 13.8. The molecule has 1 aliphatic heterocycles. The van der Waals surface area contributed by atoms with Crippen LogP contribution in [-0.4, -0.2) is 61.9 Å². The Morgan fingerprint density at radius 3 is 2.05 bits per heavy atom. The summed E-state index contributed by atoms with van der Waals surface area (Å²) in [6.07, 6.45) is 1.17. The Kier molecular flexibility index (Phi) is 4.43. The summed E-state index contributed by atoms with van der Waals surface area (Å²) in [6.45, 7) is 5.28. The maximum absolute atomic E-state index is 12.3. The quantitative estimate of drug-likeness (QED) is 0.768. The second kappa shape index (κ2) is 5.67.